The number of alkyl halides is 8. The van der Waals surface area contributed by atoms with E-state index in [0.29, 0.717) is 0 Å². The minimum absolute atomic E-state index is 0.484. The van der Waals surface area contributed by atoms with Gasteiger partial charge < -0.3 is 0 Å². The molecule has 0 aromatic rings. The standard InChI is InChI=1S/C10H12Cl2F6N2O6S2/c11-3-1-5-19(27(23,24)9(13,14)15)7(21)8(22)20(6-2-4-12)28(25,26)10(16,17)18/h1-6H2. The summed E-state index contributed by atoms with van der Waals surface area (Å²) in [4.78, 5) is 23.9. The molecular weight excluding hydrogens is 493 g/mol. The molecule has 18 heteroatoms. The van der Waals surface area contributed by atoms with Crippen molar-refractivity contribution in [1.82, 2.24) is 8.61 Å². The fourth-order valence-electron chi connectivity index (χ4n) is 1.53. The van der Waals surface area contributed by atoms with Gasteiger partial charge in [-0.1, -0.05) is 0 Å². The average Bonchev–Trinajstić information content (AvgIpc) is 2.52. The number of rotatable bonds is 8. The van der Waals surface area contributed by atoms with Crippen LogP contribution in [0.15, 0.2) is 0 Å². The lowest BCUT2D eigenvalue weighted by Crippen LogP contribution is -2.54. The van der Waals surface area contributed by atoms with Gasteiger partial charge in [0.05, 0.1) is 0 Å². The minimum atomic E-state index is -6.51. The highest BCUT2D eigenvalue weighted by Gasteiger charge is 2.56. The van der Waals surface area contributed by atoms with E-state index in [9.17, 15) is 52.8 Å². The van der Waals surface area contributed by atoms with E-state index in [2.05, 4.69) is 0 Å². The third kappa shape index (κ3) is 6.00. The lowest BCUT2D eigenvalue weighted by Gasteiger charge is -2.27. The van der Waals surface area contributed by atoms with Crippen molar-refractivity contribution in [1.29, 1.82) is 0 Å². The van der Waals surface area contributed by atoms with Crippen LogP contribution in [-0.4, -0.2) is 73.1 Å². The van der Waals surface area contributed by atoms with E-state index < -0.39 is 89.2 Å². The molecule has 0 aliphatic carbocycles. The quantitative estimate of drug-likeness (QED) is 0.282. The Morgan fingerprint density at radius 2 is 0.929 bits per heavy atom. The van der Waals surface area contributed by atoms with Gasteiger partial charge in [-0.2, -0.15) is 43.2 Å². The van der Waals surface area contributed by atoms with Gasteiger partial charge in [-0.15, -0.1) is 23.2 Å². The van der Waals surface area contributed by atoms with E-state index in [1.165, 1.54) is 0 Å². The maximum Gasteiger partial charge on any atom is 0.516 e. The summed E-state index contributed by atoms with van der Waals surface area (Å²) in [7, 11) is -13.0. The van der Waals surface area contributed by atoms with Gasteiger partial charge in [0.2, 0.25) is 0 Å². The molecule has 166 valence electrons. The maximum atomic E-state index is 12.7. The van der Waals surface area contributed by atoms with Crippen LogP contribution in [0.1, 0.15) is 12.8 Å². The molecule has 8 nitrogen and oxygen atoms in total. The van der Waals surface area contributed by atoms with Gasteiger partial charge in [0.15, 0.2) is 0 Å². The Morgan fingerprint density at radius 3 is 1.11 bits per heavy atom. The molecule has 0 saturated heterocycles. The summed E-state index contributed by atoms with van der Waals surface area (Å²) in [6.45, 7) is -2.66. The zero-order valence-electron chi connectivity index (χ0n) is 13.4. The van der Waals surface area contributed by atoms with E-state index in [-0.39, 0.29) is 0 Å². The molecule has 0 fully saturated rings. The Bertz CT molecular complexity index is 717. The second-order valence-electron chi connectivity index (χ2n) is 4.74. The summed E-state index contributed by atoms with van der Waals surface area (Å²) < 4.78 is 120. The van der Waals surface area contributed by atoms with Crippen molar-refractivity contribution in [3.05, 3.63) is 0 Å². The molecule has 28 heavy (non-hydrogen) atoms. The number of halogens is 8. The van der Waals surface area contributed by atoms with E-state index >= 15 is 0 Å². The van der Waals surface area contributed by atoms with Gasteiger partial charge in [0.25, 0.3) is 0 Å². The third-order valence-electron chi connectivity index (χ3n) is 2.79. The van der Waals surface area contributed by atoms with Crippen LogP contribution in [0.2, 0.25) is 0 Å². The van der Waals surface area contributed by atoms with Gasteiger partial charge in [-0.05, 0) is 12.8 Å². The lowest BCUT2D eigenvalue weighted by atomic mass is 10.4. The van der Waals surface area contributed by atoms with Crippen molar-refractivity contribution in [3.8, 4) is 0 Å². The first-order chi connectivity index (χ1) is 12.5. The second-order valence-corrected chi connectivity index (χ2v) is 9.20. The number of carbonyl (C=O) groups excluding carboxylic acids is 2. The zero-order chi connectivity index (χ0) is 22.6. The topological polar surface area (TPSA) is 109 Å². The summed E-state index contributed by atoms with van der Waals surface area (Å²) in [6, 6.07) is 0. The number of sulfonamides is 2. The van der Waals surface area contributed by atoms with Crippen LogP contribution in [0.25, 0.3) is 0 Å². The molecule has 0 aromatic heterocycles. The van der Waals surface area contributed by atoms with Crippen LogP contribution in [0, 0.1) is 0 Å². The first kappa shape index (κ1) is 27.0. The molecular formula is C10H12Cl2F6N2O6S2. The zero-order valence-corrected chi connectivity index (χ0v) is 16.6. The average molecular weight is 505 g/mol. The highest BCUT2D eigenvalue weighted by Crippen LogP contribution is 2.30. The number of hydrogen-bond donors (Lipinski definition) is 0. The predicted octanol–water partition coefficient (Wildman–Crippen LogP) is 1.60. The fourth-order valence-corrected chi connectivity index (χ4v) is 3.60. The summed E-state index contributed by atoms with van der Waals surface area (Å²) in [5.41, 5.74) is -12.2. The van der Waals surface area contributed by atoms with E-state index in [4.69, 9.17) is 23.2 Å². The van der Waals surface area contributed by atoms with Crippen LogP contribution < -0.4 is 0 Å². The highest BCUT2D eigenvalue weighted by molar-refractivity contribution is 7.91. The Labute approximate surface area is 165 Å². The summed E-state index contributed by atoms with van der Waals surface area (Å²) in [5, 5.41) is 0. The molecule has 0 radical (unpaired) electrons. The molecule has 0 N–H and O–H groups in total. The van der Waals surface area contributed by atoms with Crippen LogP contribution in [-0.2, 0) is 29.6 Å². The summed E-state index contributed by atoms with van der Waals surface area (Å²) in [5.74, 6) is -6.26. The molecule has 0 aliphatic heterocycles. The third-order valence-corrected chi connectivity index (χ3v) is 6.35. The molecule has 0 aromatic carbocycles. The van der Waals surface area contributed by atoms with Gasteiger partial charge >= 0.3 is 42.9 Å². The van der Waals surface area contributed by atoms with Crippen LogP contribution in [0.5, 0.6) is 0 Å². The fraction of sp³-hybridized carbons (Fsp3) is 0.800. The molecule has 0 unspecified atom stereocenters. The van der Waals surface area contributed by atoms with Gasteiger partial charge in [-0.25, -0.2) is 8.61 Å². The van der Waals surface area contributed by atoms with Crippen molar-refractivity contribution in [2.24, 2.45) is 0 Å². The Balaban J connectivity index is 6.23. The molecule has 0 bridgehead atoms. The summed E-state index contributed by atoms with van der Waals surface area (Å²) >= 11 is 10.4. The molecule has 2 amide bonds. The van der Waals surface area contributed by atoms with Crippen molar-refractivity contribution < 1.29 is 52.8 Å². The number of carbonyl (C=O) groups is 2. The smallest absolute Gasteiger partial charge is 0.262 e. The van der Waals surface area contributed by atoms with Crippen molar-refractivity contribution in [3.63, 3.8) is 0 Å². The Hall–Kier alpha value is -1.00. The molecule has 0 rings (SSSR count). The molecule has 0 atom stereocenters. The molecule has 0 aliphatic rings. The van der Waals surface area contributed by atoms with Crippen molar-refractivity contribution in [2.45, 2.75) is 23.9 Å². The van der Waals surface area contributed by atoms with Gasteiger partial charge in [0.1, 0.15) is 0 Å². The van der Waals surface area contributed by atoms with E-state index in [1.807, 2.05) is 0 Å². The SMILES string of the molecule is O=C(C(=O)N(CCCCl)S(=O)(=O)C(F)(F)F)N(CCCCl)S(=O)(=O)C(F)(F)F. The number of nitrogens with zero attached hydrogens (tertiary/aromatic N) is 2. The summed E-state index contributed by atoms with van der Waals surface area (Å²) in [6.07, 6.45) is -1.22. The Morgan fingerprint density at radius 1 is 0.679 bits per heavy atom. The minimum Gasteiger partial charge on any atom is -0.262 e. The highest BCUT2D eigenvalue weighted by atomic mass is 35.5. The monoisotopic (exact) mass is 504 g/mol. The molecule has 0 saturated carbocycles. The van der Waals surface area contributed by atoms with Crippen LogP contribution in [0.4, 0.5) is 26.3 Å². The first-order valence-electron chi connectivity index (χ1n) is 6.85. The molecule has 0 spiro atoms. The number of hydrogen-bond acceptors (Lipinski definition) is 6. The predicted molar refractivity (Wildman–Crippen MR) is 84.0 cm³/mol. The molecule has 0 heterocycles. The number of amides is 2. The van der Waals surface area contributed by atoms with E-state index in [1.54, 1.807) is 0 Å². The van der Waals surface area contributed by atoms with Crippen molar-refractivity contribution >= 4 is 55.1 Å². The normalized spacial score (nSPS) is 13.3. The van der Waals surface area contributed by atoms with E-state index in [0.717, 1.165) is 0 Å². The van der Waals surface area contributed by atoms with Crippen LogP contribution >= 0.6 is 23.2 Å². The van der Waals surface area contributed by atoms with Crippen molar-refractivity contribution in [2.75, 3.05) is 24.8 Å². The largest absolute Gasteiger partial charge is 0.516 e. The maximum absolute atomic E-state index is 12.7. The first-order valence-corrected chi connectivity index (χ1v) is 10.8. The van der Waals surface area contributed by atoms with Gasteiger partial charge in [-0.3, -0.25) is 9.59 Å². The van der Waals surface area contributed by atoms with Crippen LogP contribution in [0.3, 0.4) is 0 Å². The lowest BCUT2D eigenvalue weighted by molar-refractivity contribution is -0.147. The van der Waals surface area contributed by atoms with Gasteiger partial charge in [0, 0.05) is 24.8 Å². The second kappa shape index (κ2) is 9.67. The Kier molecular flexibility index (Phi) is 9.32.